The van der Waals surface area contributed by atoms with Gasteiger partial charge in [-0.25, -0.2) is 9.37 Å². The van der Waals surface area contributed by atoms with Crippen molar-refractivity contribution in [1.82, 2.24) is 9.97 Å². The van der Waals surface area contributed by atoms with Crippen LogP contribution in [0.4, 0.5) is 4.39 Å². The molecule has 10 heteroatoms. The maximum Gasteiger partial charge on any atom is 0.231 e. The molecule has 1 aliphatic carbocycles. The number of nitrogens with two attached hydrogens (primary N) is 1. The van der Waals surface area contributed by atoms with Crippen molar-refractivity contribution < 1.29 is 28.6 Å². The average Bonchev–Trinajstić information content (AvgIpc) is 3.72. The van der Waals surface area contributed by atoms with Crippen LogP contribution >= 0.6 is 11.6 Å². The Morgan fingerprint density at radius 2 is 2.02 bits per heavy atom. The number of benzene rings is 2. The van der Waals surface area contributed by atoms with E-state index in [-0.39, 0.29) is 53.5 Å². The van der Waals surface area contributed by atoms with Crippen LogP contribution in [0.25, 0.3) is 22.2 Å². The van der Waals surface area contributed by atoms with E-state index >= 15 is 0 Å². The topological polar surface area (TPSA) is 125 Å². The molecular formula is C32H29ClFN3O5. The molecule has 1 fully saturated rings. The van der Waals surface area contributed by atoms with Gasteiger partial charge in [-0.3, -0.25) is 14.6 Å². The zero-order valence-corrected chi connectivity index (χ0v) is 23.9. The molecule has 42 heavy (non-hydrogen) atoms. The summed E-state index contributed by atoms with van der Waals surface area (Å²) in [6.45, 7) is 3.16. The second-order valence-corrected chi connectivity index (χ2v) is 11.8. The number of ketones is 1. The van der Waals surface area contributed by atoms with E-state index in [2.05, 4.69) is 9.97 Å². The van der Waals surface area contributed by atoms with Crippen LogP contribution < -0.4 is 15.2 Å². The van der Waals surface area contributed by atoms with Crippen LogP contribution in [-0.4, -0.2) is 39.5 Å². The van der Waals surface area contributed by atoms with Gasteiger partial charge >= 0.3 is 0 Å². The first-order chi connectivity index (χ1) is 20.0. The minimum absolute atomic E-state index is 0.00506. The third kappa shape index (κ3) is 5.07. The Labute approximate surface area is 246 Å². The summed E-state index contributed by atoms with van der Waals surface area (Å²) in [6.07, 6.45) is 3.76. The Balaban J connectivity index is 1.33. The summed E-state index contributed by atoms with van der Waals surface area (Å²) in [5.74, 6) is -0.610. The fourth-order valence-corrected chi connectivity index (χ4v) is 5.22. The molecule has 3 N–H and O–H groups in total. The first-order valence-electron chi connectivity index (χ1n) is 13.7. The number of rotatable bonds is 9. The number of aromatic nitrogens is 2. The number of carbonyl (C=O) groups excluding carboxylic acids is 2. The van der Waals surface area contributed by atoms with Gasteiger partial charge in [0, 0.05) is 34.7 Å². The van der Waals surface area contributed by atoms with Gasteiger partial charge in [0.1, 0.15) is 46.1 Å². The lowest BCUT2D eigenvalue weighted by molar-refractivity contribution is -0.123. The quantitative estimate of drug-likeness (QED) is 0.242. The molecule has 0 bridgehead atoms. The molecule has 0 saturated heterocycles. The molecule has 1 saturated carbocycles. The van der Waals surface area contributed by atoms with Gasteiger partial charge < -0.3 is 20.3 Å². The highest BCUT2D eigenvalue weighted by molar-refractivity contribution is 6.30. The maximum absolute atomic E-state index is 14.4. The van der Waals surface area contributed by atoms with Gasteiger partial charge in [0.05, 0.1) is 16.8 Å². The number of hydrogen-bond acceptors (Lipinski definition) is 7. The van der Waals surface area contributed by atoms with Crippen LogP contribution in [0.5, 0.6) is 11.5 Å². The summed E-state index contributed by atoms with van der Waals surface area (Å²) < 4.78 is 26.3. The second kappa shape index (κ2) is 10.3. The van der Waals surface area contributed by atoms with Crippen molar-refractivity contribution >= 4 is 34.2 Å². The van der Waals surface area contributed by atoms with Gasteiger partial charge in [-0.15, -0.1) is 0 Å². The van der Waals surface area contributed by atoms with E-state index in [0.29, 0.717) is 28.0 Å². The number of Topliss-reactive ketones (excluding diaryl/α,β-unsaturated/α-hetero) is 1. The van der Waals surface area contributed by atoms with Gasteiger partial charge in [0.25, 0.3) is 0 Å². The normalized spacial score (nSPS) is 19.2. The van der Waals surface area contributed by atoms with Crippen molar-refractivity contribution in [2.75, 3.05) is 6.61 Å². The van der Waals surface area contributed by atoms with Gasteiger partial charge in [-0.2, -0.15) is 0 Å². The number of nitrogens with zero attached hydrogens (tertiary/aromatic N) is 2. The molecule has 0 spiro atoms. The molecule has 0 unspecified atom stereocenters. The highest BCUT2D eigenvalue weighted by Gasteiger charge is 2.45. The maximum atomic E-state index is 14.4. The Morgan fingerprint density at radius 3 is 2.74 bits per heavy atom. The van der Waals surface area contributed by atoms with Crippen molar-refractivity contribution in [2.24, 2.45) is 5.73 Å². The Morgan fingerprint density at radius 1 is 1.24 bits per heavy atom. The van der Waals surface area contributed by atoms with E-state index < -0.39 is 22.7 Å². The predicted octanol–water partition coefficient (Wildman–Crippen LogP) is 5.64. The SMILES string of the molecule is C[C@](O)(CCC(=O)c1cc(OC2CC2)c2ncccc2c1)c1cc2c(c(-c3ccc(Cl)c(F)c3)n1)OC[C@]2(C)C(N)=O. The van der Waals surface area contributed by atoms with Crippen LogP contribution in [0.1, 0.15) is 61.1 Å². The zero-order chi connectivity index (χ0) is 29.8. The van der Waals surface area contributed by atoms with E-state index in [1.807, 2.05) is 6.07 Å². The van der Waals surface area contributed by atoms with Crippen LogP contribution in [0, 0.1) is 5.82 Å². The fraction of sp³-hybridized carbons (Fsp3) is 0.312. The highest BCUT2D eigenvalue weighted by Crippen LogP contribution is 2.46. The molecule has 4 aromatic rings. The third-order valence-corrected chi connectivity index (χ3v) is 8.32. The summed E-state index contributed by atoms with van der Waals surface area (Å²) in [7, 11) is 0. The molecule has 2 aromatic heterocycles. The molecule has 1 amide bonds. The number of aliphatic hydroxyl groups is 1. The van der Waals surface area contributed by atoms with Gasteiger partial charge in [0.2, 0.25) is 5.91 Å². The zero-order valence-electron chi connectivity index (χ0n) is 23.1. The lowest BCUT2D eigenvalue weighted by Gasteiger charge is -2.26. The molecule has 6 rings (SSSR count). The van der Waals surface area contributed by atoms with Gasteiger partial charge in [-0.05, 0) is 69.5 Å². The number of primary amides is 1. The molecule has 2 atom stereocenters. The molecule has 1 aliphatic heterocycles. The number of pyridine rings is 2. The Kier molecular flexibility index (Phi) is 6.90. The van der Waals surface area contributed by atoms with Crippen molar-refractivity contribution in [2.45, 2.75) is 56.7 Å². The monoisotopic (exact) mass is 589 g/mol. The molecule has 0 radical (unpaired) electrons. The smallest absolute Gasteiger partial charge is 0.231 e. The van der Waals surface area contributed by atoms with Crippen LogP contribution in [-0.2, 0) is 15.8 Å². The molecule has 2 aliphatic rings. The van der Waals surface area contributed by atoms with Gasteiger partial charge in [-0.1, -0.05) is 23.7 Å². The van der Waals surface area contributed by atoms with Crippen LogP contribution in [0.3, 0.4) is 0 Å². The van der Waals surface area contributed by atoms with Crippen molar-refractivity contribution in [1.29, 1.82) is 0 Å². The van der Waals surface area contributed by atoms with Crippen LogP contribution in [0.2, 0.25) is 5.02 Å². The number of halogens is 2. The van der Waals surface area contributed by atoms with E-state index in [9.17, 15) is 19.1 Å². The first kappa shape index (κ1) is 28.1. The van der Waals surface area contributed by atoms with E-state index in [0.717, 1.165) is 18.2 Å². The Bertz CT molecular complexity index is 1760. The standard InChI is InChI=1S/C32H29ClFN3O5/c1-31(30(35)39)16-41-29-21(31)15-26(37-28(29)18-5-8-22(33)23(34)13-18)32(2,40)10-9-24(38)19-12-17-4-3-11-36-27(17)25(14-19)42-20-6-7-20/h3-5,8,11-15,20,40H,6-7,9-10,16H2,1-2H3,(H2,35,39)/t31-,32-/m0/s1. The number of hydrogen-bond donors (Lipinski definition) is 2. The second-order valence-electron chi connectivity index (χ2n) is 11.4. The van der Waals surface area contributed by atoms with Crippen molar-refractivity contribution in [3.05, 3.63) is 82.4 Å². The summed E-state index contributed by atoms with van der Waals surface area (Å²) in [5.41, 5.74) is 5.31. The van der Waals surface area contributed by atoms with Crippen molar-refractivity contribution in [3.8, 4) is 22.8 Å². The minimum atomic E-state index is -1.60. The fourth-order valence-electron chi connectivity index (χ4n) is 5.11. The lowest BCUT2D eigenvalue weighted by atomic mass is 9.81. The summed E-state index contributed by atoms with van der Waals surface area (Å²) in [6, 6.07) is 12.9. The minimum Gasteiger partial charge on any atom is -0.489 e. The van der Waals surface area contributed by atoms with Crippen LogP contribution in [0.15, 0.2) is 54.7 Å². The third-order valence-electron chi connectivity index (χ3n) is 8.01. The lowest BCUT2D eigenvalue weighted by Crippen LogP contribution is -2.40. The van der Waals surface area contributed by atoms with E-state index in [1.165, 1.54) is 12.1 Å². The average molecular weight is 590 g/mol. The number of carbonyl (C=O) groups is 2. The highest BCUT2D eigenvalue weighted by atomic mass is 35.5. The predicted molar refractivity (Wildman–Crippen MR) is 155 cm³/mol. The molecule has 216 valence electrons. The Hall–Kier alpha value is -4.08. The molecular weight excluding hydrogens is 561 g/mol. The molecule has 2 aromatic carbocycles. The van der Waals surface area contributed by atoms with E-state index in [1.54, 1.807) is 50.4 Å². The molecule has 3 heterocycles. The summed E-state index contributed by atoms with van der Waals surface area (Å²) in [4.78, 5) is 35.0. The van der Waals surface area contributed by atoms with Gasteiger partial charge in [0.15, 0.2) is 5.78 Å². The van der Waals surface area contributed by atoms with Crippen molar-refractivity contribution in [3.63, 3.8) is 0 Å². The number of fused-ring (bicyclic) bond motifs is 2. The summed E-state index contributed by atoms with van der Waals surface area (Å²) >= 11 is 5.90. The number of ether oxygens (including phenoxy) is 2. The summed E-state index contributed by atoms with van der Waals surface area (Å²) in [5, 5.41) is 12.4. The first-order valence-corrected chi connectivity index (χ1v) is 14.1. The molecule has 8 nitrogen and oxygen atoms in total. The number of amides is 1. The van der Waals surface area contributed by atoms with E-state index in [4.69, 9.17) is 26.8 Å². The largest absolute Gasteiger partial charge is 0.489 e.